The number of ether oxygens (including phenoxy) is 1. The third kappa shape index (κ3) is 3.18. The Balaban J connectivity index is 1.47. The fourth-order valence-corrected chi connectivity index (χ4v) is 3.30. The van der Waals surface area contributed by atoms with Crippen LogP contribution in [0.4, 0.5) is 0 Å². The molecule has 0 radical (unpaired) electrons. The van der Waals surface area contributed by atoms with Gasteiger partial charge in [-0.25, -0.2) is 4.68 Å². The number of benzene rings is 2. The molecule has 1 aromatic heterocycles. The SMILES string of the molecule is CCOc1ccc(-n2cc(C(=O)N[C@H]3CCc4ccccc43)nn2)cc1. The summed E-state index contributed by atoms with van der Waals surface area (Å²) >= 11 is 0. The fraction of sp³-hybridized carbons (Fsp3) is 0.250. The Morgan fingerprint density at radius 3 is 2.85 bits per heavy atom. The number of nitrogens with zero attached hydrogens (tertiary/aromatic N) is 3. The smallest absolute Gasteiger partial charge is 0.273 e. The molecule has 1 aliphatic rings. The minimum Gasteiger partial charge on any atom is -0.494 e. The van der Waals surface area contributed by atoms with E-state index in [1.807, 2.05) is 43.3 Å². The van der Waals surface area contributed by atoms with Crippen LogP contribution in [-0.2, 0) is 6.42 Å². The maximum Gasteiger partial charge on any atom is 0.273 e. The van der Waals surface area contributed by atoms with Gasteiger partial charge in [0.1, 0.15) is 5.75 Å². The second-order valence-electron chi connectivity index (χ2n) is 6.24. The molecule has 1 atom stereocenters. The number of hydrogen-bond donors (Lipinski definition) is 1. The molecule has 4 rings (SSSR count). The second kappa shape index (κ2) is 7.00. The average Bonchev–Trinajstić information content (AvgIpc) is 3.31. The van der Waals surface area contributed by atoms with Crippen molar-refractivity contribution in [2.24, 2.45) is 0 Å². The molecule has 2 aromatic carbocycles. The standard InChI is InChI=1S/C20H20N4O2/c1-2-26-16-10-8-15(9-11-16)24-13-19(22-23-24)20(25)21-18-12-7-14-5-3-4-6-17(14)18/h3-6,8-11,13,18H,2,7,12H2,1H3,(H,21,25)/t18-/m0/s1. The van der Waals surface area contributed by atoms with Gasteiger partial charge in [-0.05, 0) is 55.2 Å². The summed E-state index contributed by atoms with van der Waals surface area (Å²) in [5, 5.41) is 11.2. The highest BCUT2D eigenvalue weighted by molar-refractivity contribution is 5.92. The fourth-order valence-electron chi connectivity index (χ4n) is 3.30. The van der Waals surface area contributed by atoms with E-state index < -0.39 is 0 Å². The molecule has 0 spiro atoms. The first kappa shape index (κ1) is 16.3. The third-order valence-electron chi connectivity index (χ3n) is 4.58. The largest absolute Gasteiger partial charge is 0.494 e. The first-order valence-corrected chi connectivity index (χ1v) is 8.79. The highest BCUT2D eigenvalue weighted by Crippen LogP contribution is 2.30. The van der Waals surface area contributed by atoms with Crippen molar-refractivity contribution in [2.45, 2.75) is 25.8 Å². The maximum absolute atomic E-state index is 12.5. The first-order chi connectivity index (χ1) is 12.7. The van der Waals surface area contributed by atoms with E-state index in [2.05, 4.69) is 27.8 Å². The van der Waals surface area contributed by atoms with Crippen molar-refractivity contribution < 1.29 is 9.53 Å². The number of amides is 1. The van der Waals surface area contributed by atoms with E-state index in [-0.39, 0.29) is 11.9 Å². The lowest BCUT2D eigenvalue weighted by atomic mass is 10.1. The Morgan fingerprint density at radius 1 is 1.23 bits per heavy atom. The van der Waals surface area contributed by atoms with E-state index in [1.165, 1.54) is 11.1 Å². The summed E-state index contributed by atoms with van der Waals surface area (Å²) in [4.78, 5) is 12.5. The van der Waals surface area contributed by atoms with E-state index >= 15 is 0 Å². The molecule has 0 fully saturated rings. The van der Waals surface area contributed by atoms with E-state index in [9.17, 15) is 4.79 Å². The highest BCUT2D eigenvalue weighted by atomic mass is 16.5. The van der Waals surface area contributed by atoms with Gasteiger partial charge in [-0.2, -0.15) is 0 Å². The van der Waals surface area contributed by atoms with Crippen LogP contribution < -0.4 is 10.1 Å². The van der Waals surface area contributed by atoms with Crippen LogP contribution in [-0.4, -0.2) is 27.5 Å². The van der Waals surface area contributed by atoms with Crippen LogP contribution in [0.1, 0.15) is 41.0 Å². The molecule has 6 nitrogen and oxygen atoms in total. The lowest BCUT2D eigenvalue weighted by molar-refractivity contribution is 0.0931. The number of nitrogens with one attached hydrogen (secondary N) is 1. The minimum absolute atomic E-state index is 0.0364. The molecule has 1 aliphatic carbocycles. The van der Waals surface area contributed by atoms with Gasteiger partial charge in [0, 0.05) is 0 Å². The van der Waals surface area contributed by atoms with Crippen molar-refractivity contribution in [3.05, 3.63) is 71.5 Å². The summed E-state index contributed by atoms with van der Waals surface area (Å²) in [5.74, 6) is 0.595. The summed E-state index contributed by atoms with van der Waals surface area (Å²) in [6, 6.07) is 15.8. The van der Waals surface area contributed by atoms with Crippen LogP contribution >= 0.6 is 0 Å². The van der Waals surface area contributed by atoms with Gasteiger partial charge in [-0.15, -0.1) is 5.10 Å². The van der Waals surface area contributed by atoms with Gasteiger partial charge in [0.05, 0.1) is 24.5 Å². The molecular formula is C20H20N4O2. The number of aromatic nitrogens is 3. The number of carbonyl (C=O) groups is 1. The predicted molar refractivity (Wildman–Crippen MR) is 97.5 cm³/mol. The number of fused-ring (bicyclic) bond motifs is 1. The Hall–Kier alpha value is -3.15. The molecule has 0 unspecified atom stereocenters. The van der Waals surface area contributed by atoms with Gasteiger partial charge in [0.15, 0.2) is 5.69 Å². The van der Waals surface area contributed by atoms with Gasteiger partial charge < -0.3 is 10.1 Å². The van der Waals surface area contributed by atoms with Crippen molar-refractivity contribution in [1.82, 2.24) is 20.3 Å². The van der Waals surface area contributed by atoms with E-state index in [4.69, 9.17) is 4.74 Å². The van der Waals surface area contributed by atoms with Gasteiger partial charge in [-0.3, -0.25) is 4.79 Å². The summed E-state index contributed by atoms with van der Waals surface area (Å²) in [6.07, 6.45) is 3.55. The minimum atomic E-state index is -0.205. The number of rotatable bonds is 5. The quantitative estimate of drug-likeness (QED) is 0.769. The molecule has 6 heteroatoms. The molecule has 0 bridgehead atoms. The lowest BCUT2D eigenvalue weighted by Gasteiger charge is -2.12. The summed E-state index contributed by atoms with van der Waals surface area (Å²) in [5.41, 5.74) is 3.63. The molecule has 26 heavy (non-hydrogen) atoms. The van der Waals surface area contributed by atoms with Gasteiger partial charge in [-0.1, -0.05) is 29.5 Å². The predicted octanol–water partition coefficient (Wildman–Crippen LogP) is 3.08. The zero-order valence-electron chi connectivity index (χ0n) is 14.6. The zero-order chi connectivity index (χ0) is 17.9. The maximum atomic E-state index is 12.5. The number of aryl methyl sites for hydroxylation is 1. The van der Waals surface area contributed by atoms with Crippen molar-refractivity contribution in [3.8, 4) is 11.4 Å². The molecule has 1 heterocycles. The Kier molecular flexibility index (Phi) is 4.39. The summed E-state index contributed by atoms with van der Waals surface area (Å²) < 4.78 is 7.02. The second-order valence-corrected chi connectivity index (χ2v) is 6.24. The zero-order valence-corrected chi connectivity index (χ0v) is 14.6. The molecule has 132 valence electrons. The molecule has 0 aliphatic heterocycles. The molecule has 1 N–H and O–H groups in total. The van der Waals surface area contributed by atoms with Crippen molar-refractivity contribution in [1.29, 1.82) is 0 Å². The van der Waals surface area contributed by atoms with Gasteiger partial charge in [0.25, 0.3) is 5.91 Å². The van der Waals surface area contributed by atoms with E-state index in [0.29, 0.717) is 12.3 Å². The Labute approximate surface area is 151 Å². The monoisotopic (exact) mass is 348 g/mol. The van der Waals surface area contributed by atoms with E-state index in [1.54, 1.807) is 10.9 Å². The van der Waals surface area contributed by atoms with Gasteiger partial charge in [0.2, 0.25) is 0 Å². The normalized spacial score (nSPS) is 15.5. The molecule has 1 amide bonds. The van der Waals surface area contributed by atoms with Crippen molar-refractivity contribution in [2.75, 3.05) is 6.61 Å². The number of hydrogen-bond acceptors (Lipinski definition) is 4. The summed E-state index contributed by atoms with van der Waals surface area (Å²) in [6.45, 7) is 2.57. The molecule has 3 aromatic rings. The van der Waals surface area contributed by atoms with Crippen molar-refractivity contribution in [3.63, 3.8) is 0 Å². The van der Waals surface area contributed by atoms with Crippen molar-refractivity contribution >= 4 is 5.91 Å². The Morgan fingerprint density at radius 2 is 2.04 bits per heavy atom. The highest BCUT2D eigenvalue weighted by Gasteiger charge is 2.24. The summed E-state index contributed by atoms with van der Waals surface area (Å²) in [7, 11) is 0. The topological polar surface area (TPSA) is 69.0 Å². The molecule has 0 saturated heterocycles. The van der Waals surface area contributed by atoms with Crippen LogP contribution in [0, 0.1) is 0 Å². The molecular weight excluding hydrogens is 328 g/mol. The Bertz CT molecular complexity index is 918. The third-order valence-corrected chi connectivity index (χ3v) is 4.58. The lowest BCUT2D eigenvalue weighted by Crippen LogP contribution is -2.27. The van der Waals surface area contributed by atoms with Crippen LogP contribution in [0.2, 0.25) is 0 Å². The van der Waals surface area contributed by atoms with Crippen LogP contribution in [0.5, 0.6) is 5.75 Å². The number of carbonyl (C=O) groups excluding carboxylic acids is 1. The van der Waals surface area contributed by atoms with E-state index in [0.717, 1.165) is 24.3 Å². The first-order valence-electron chi connectivity index (χ1n) is 8.79. The average molecular weight is 348 g/mol. The molecule has 0 saturated carbocycles. The van der Waals surface area contributed by atoms with Crippen LogP contribution in [0.3, 0.4) is 0 Å². The van der Waals surface area contributed by atoms with Gasteiger partial charge >= 0.3 is 0 Å². The van der Waals surface area contributed by atoms with Crippen LogP contribution in [0.15, 0.2) is 54.7 Å². The van der Waals surface area contributed by atoms with Crippen LogP contribution in [0.25, 0.3) is 5.69 Å².